The van der Waals surface area contributed by atoms with Crippen molar-refractivity contribution in [2.45, 2.75) is 38.7 Å². The summed E-state index contributed by atoms with van der Waals surface area (Å²) in [5, 5.41) is 10.2. The number of ether oxygens (including phenoxy) is 1. The van der Waals surface area contributed by atoms with E-state index in [1.807, 2.05) is 6.07 Å². The second-order valence-corrected chi connectivity index (χ2v) is 4.74. The molecule has 3 N–H and O–H groups in total. The van der Waals surface area contributed by atoms with E-state index in [2.05, 4.69) is 13.0 Å². The molecule has 0 aliphatic carbocycles. The maximum Gasteiger partial charge on any atom is 0.128 e. The van der Waals surface area contributed by atoms with Gasteiger partial charge in [0.1, 0.15) is 5.75 Å². The quantitative estimate of drug-likeness (QED) is 0.840. The topological polar surface area (TPSA) is 55.5 Å². The number of hydrogen-bond acceptors (Lipinski definition) is 3. The highest BCUT2D eigenvalue weighted by atomic mass is 16.5. The molecule has 0 saturated carbocycles. The minimum Gasteiger partial charge on any atom is -0.493 e. The van der Waals surface area contributed by atoms with E-state index in [0.29, 0.717) is 13.0 Å². The van der Waals surface area contributed by atoms with Crippen molar-refractivity contribution in [2.24, 2.45) is 5.73 Å². The number of fused-ring (bicyclic) bond motifs is 1. The lowest BCUT2D eigenvalue weighted by atomic mass is 9.95. The van der Waals surface area contributed by atoms with Crippen molar-refractivity contribution in [2.75, 3.05) is 13.2 Å². The normalized spacial score (nSPS) is 16.2. The van der Waals surface area contributed by atoms with E-state index in [-0.39, 0.29) is 0 Å². The number of aliphatic hydroxyl groups excluding tert-OH is 1. The molecule has 1 aliphatic rings. The Morgan fingerprint density at radius 1 is 1.47 bits per heavy atom. The number of hydrogen-bond donors (Lipinski definition) is 2. The summed E-state index contributed by atoms with van der Waals surface area (Å²) in [6.07, 6.45) is 3.20. The molecule has 94 valence electrons. The standard InChI is InChI=1S/C14H21NO2/c1-10-8-11-4-3-7-17-14(11)12(9-10)13(16)5-2-6-15/h8-9,13,16H,2-7,15H2,1H3. The van der Waals surface area contributed by atoms with E-state index in [1.165, 1.54) is 11.1 Å². The van der Waals surface area contributed by atoms with Crippen molar-refractivity contribution in [3.05, 3.63) is 28.8 Å². The lowest BCUT2D eigenvalue weighted by Gasteiger charge is -2.23. The Labute approximate surface area is 103 Å². The Morgan fingerprint density at radius 2 is 2.29 bits per heavy atom. The second kappa shape index (κ2) is 5.52. The van der Waals surface area contributed by atoms with Crippen LogP contribution in [0.2, 0.25) is 0 Å². The summed E-state index contributed by atoms with van der Waals surface area (Å²) in [6, 6.07) is 4.19. The SMILES string of the molecule is Cc1cc2c(c(C(O)CCCN)c1)OCCC2. The first-order chi connectivity index (χ1) is 8.22. The van der Waals surface area contributed by atoms with Gasteiger partial charge in [-0.1, -0.05) is 11.6 Å². The number of benzene rings is 1. The summed E-state index contributed by atoms with van der Waals surface area (Å²) in [6.45, 7) is 3.44. The third kappa shape index (κ3) is 2.79. The lowest BCUT2D eigenvalue weighted by Crippen LogP contribution is -2.13. The minimum absolute atomic E-state index is 0.453. The average molecular weight is 235 g/mol. The molecule has 3 nitrogen and oxygen atoms in total. The summed E-state index contributed by atoms with van der Waals surface area (Å²) in [4.78, 5) is 0. The van der Waals surface area contributed by atoms with Gasteiger partial charge in [0.2, 0.25) is 0 Å². The van der Waals surface area contributed by atoms with Crippen LogP contribution in [0.4, 0.5) is 0 Å². The molecule has 1 atom stereocenters. The third-order valence-corrected chi connectivity index (χ3v) is 3.22. The first-order valence-corrected chi connectivity index (χ1v) is 6.36. The molecule has 1 heterocycles. The van der Waals surface area contributed by atoms with E-state index in [4.69, 9.17) is 10.5 Å². The highest BCUT2D eigenvalue weighted by Crippen LogP contribution is 2.35. The predicted octanol–water partition coefficient (Wildman–Crippen LogP) is 2.09. The smallest absolute Gasteiger partial charge is 0.128 e. The zero-order chi connectivity index (χ0) is 12.3. The van der Waals surface area contributed by atoms with Gasteiger partial charge in [-0.2, -0.15) is 0 Å². The zero-order valence-electron chi connectivity index (χ0n) is 10.4. The van der Waals surface area contributed by atoms with Gasteiger partial charge in [-0.25, -0.2) is 0 Å². The van der Waals surface area contributed by atoms with Crippen LogP contribution in [-0.2, 0) is 6.42 Å². The van der Waals surface area contributed by atoms with Gasteiger partial charge in [-0.3, -0.25) is 0 Å². The van der Waals surface area contributed by atoms with E-state index >= 15 is 0 Å². The maximum atomic E-state index is 10.2. The van der Waals surface area contributed by atoms with Crippen molar-refractivity contribution >= 4 is 0 Å². The van der Waals surface area contributed by atoms with Crippen molar-refractivity contribution in [3.8, 4) is 5.75 Å². The van der Waals surface area contributed by atoms with E-state index < -0.39 is 6.10 Å². The van der Waals surface area contributed by atoms with Crippen LogP contribution in [0.25, 0.3) is 0 Å². The van der Waals surface area contributed by atoms with Crippen LogP contribution in [-0.4, -0.2) is 18.3 Å². The molecule has 1 aromatic carbocycles. The van der Waals surface area contributed by atoms with Gasteiger partial charge in [0.25, 0.3) is 0 Å². The van der Waals surface area contributed by atoms with Gasteiger partial charge in [0.15, 0.2) is 0 Å². The van der Waals surface area contributed by atoms with E-state index in [1.54, 1.807) is 0 Å². The fourth-order valence-corrected chi connectivity index (χ4v) is 2.39. The molecule has 1 aliphatic heterocycles. The number of rotatable bonds is 4. The molecule has 1 unspecified atom stereocenters. The minimum atomic E-state index is -0.453. The van der Waals surface area contributed by atoms with Crippen LogP contribution in [0, 0.1) is 6.92 Å². The average Bonchev–Trinajstić information content (AvgIpc) is 2.34. The molecular formula is C14H21NO2. The van der Waals surface area contributed by atoms with Crippen LogP contribution in [0.3, 0.4) is 0 Å². The third-order valence-electron chi connectivity index (χ3n) is 3.22. The van der Waals surface area contributed by atoms with Crippen molar-refractivity contribution < 1.29 is 9.84 Å². The summed E-state index contributed by atoms with van der Waals surface area (Å²) in [7, 11) is 0. The molecule has 0 bridgehead atoms. The van der Waals surface area contributed by atoms with Gasteiger partial charge < -0.3 is 15.6 Å². The van der Waals surface area contributed by atoms with Gasteiger partial charge >= 0.3 is 0 Å². The number of aryl methyl sites for hydroxylation is 2. The molecule has 0 spiro atoms. The van der Waals surface area contributed by atoms with Gasteiger partial charge in [-0.05, 0) is 50.8 Å². The maximum absolute atomic E-state index is 10.2. The van der Waals surface area contributed by atoms with Crippen molar-refractivity contribution in [1.29, 1.82) is 0 Å². The number of nitrogens with two attached hydrogens (primary N) is 1. The van der Waals surface area contributed by atoms with E-state index in [0.717, 1.165) is 37.2 Å². The van der Waals surface area contributed by atoms with Gasteiger partial charge in [-0.15, -0.1) is 0 Å². The molecular weight excluding hydrogens is 214 g/mol. The van der Waals surface area contributed by atoms with Gasteiger partial charge in [0, 0.05) is 5.56 Å². The molecule has 0 saturated heterocycles. The second-order valence-electron chi connectivity index (χ2n) is 4.74. The Hall–Kier alpha value is -1.06. The molecule has 0 aromatic heterocycles. The monoisotopic (exact) mass is 235 g/mol. The molecule has 0 fully saturated rings. The predicted molar refractivity (Wildman–Crippen MR) is 68.2 cm³/mol. The summed E-state index contributed by atoms with van der Waals surface area (Å²) in [5.41, 5.74) is 8.84. The summed E-state index contributed by atoms with van der Waals surface area (Å²) in [5.74, 6) is 0.909. The molecule has 0 radical (unpaired) electrons. The van der Waals surface area contributed by atoms with Crippen molar-refractivity contribution in [1.82, 2.24) is 0 Å². The first-order valence-electron chi connectivity index (χ1n) is 6.36. The fraction of sp³-hybridized carbons (Fsp3) is 0.571. The molecule has 2 rings (SSSR count). The Balaban J connectivity index is 2.28. The highest BCUT2D eigenvalue weighted by molar-refractivity contribution is 5.46. The summed E-state index contributed by atoms with van der Waals surface area (Å²) >= 11 is 0. The lowest BCUT2D eigenvalue weighted by molar-refractivity contribution is 0.157. The largest absolute Gasteiger partial charge is 0.493 e. The Kier molecular flexibility index (Phi) is 4.02. The Bertz CT molecular complexity index is 390. The summed E-state index contributed by atoms with van der Waals surface area (Å²) < 4.78 is 5.72. The van der Waals surface area contributed by atoms with E-state index in [9.17, 15) is 5.11 Å². The van der Waals surface area contributed by atoms with Crippen LogP contribution in [0.15, 0.2) is 12.1 Å². The molecule has 1 aromatic rings. The number of aliphatic hydroxyl groups is 1. The highest BCUT2D eigenvalue weighted by Gasteiger charge is 2.20. The molecule has 17 heavy (non-hydrogen) atoms. The van der Waals surface area contributed by atoms with Crippen LogP contribution in [0.1, 0.15) is 42.1 Å². The first kappa shape index (κ1) is 12.4. The van der Waals surface area contributed by atoms with Gasteiger partial charge in [0.05, 0.1) is 12.7 Å². The van der Waals surface area contributed by atoms with Crippen LogP contribution < -0.4 is 10.5 Å². The Morgan fingerprint density at radius 3 is 3.06 bits per heavy atom. The fourth-order valence-electron chi connectivity index (χ4n) is 2.39. The zero-order valence-corrected chi connectivity index (χ0v) is 10.4. The van der Waals surface area contributed by atoms with Crippen LogP contribution >= 0.6 is 0 Å². The molecule has 3 heteroatoms. The van der Waals surface area contributed by atoms with Crippen LogP contribution in [0.5, 0.6) is 5.75 Å². The van der Waals surface area contributed by atoms with Crippen molar-refractivity contribution in [3.63, 3.8) is 0 Å². The molecule has 0 amide bonds.